The lowest BCUT2D eigenvalue weighted by Gasteiger charge is -2.30. The number of aliphatic hydroxyl groups is 1. The van der Waals surface area contributed by atoms with Crippen LogP contribution in [0.3, 0.4) is 0 Å². The fourth-order valence-corrected chi connectivity index (χ4v) is 5.22. The zero-order valence-electron chi connectivity index (χ0n) is 20.5. The number of anilines is 2. The van der Waals surface area contributed by atoms with E-state index in [1.807, 2.05) is 26.0 Å². The van der Waals surface area contributed by atoms with E-state index in [2.05, 4.69) is 35.1 Å². The molecule has 2 saturated heterocycles. The number of H-pyrrole nitrogens is 1. The minimum absolute atomic E-state index is 0.213. The SMILES string of the molecule is CC(C)c1nc(C2CCN(c3n[nH]c4c(-c5ccc(N6CCC(O)C6)nc5)cc(F)cc34)CC2)no1. The van der Waals surface area contributed by atoms with Crippen molar-refractivity contribution in [3.8, 4) is 11.1 Å². The van der Waals surface area contributed by atoms with Crippen LogP contribution in [-0.2, 0) is 0 Å². The summed E-state index contributed by atoms with van der Waals surface area (Å²) < 4.78 is 20.2. The summed E-state index contributed by atoms with van der Waals surface area (Å²) in [6.45, 7) is 7.01. The van der Waals surface area contributed by atoms with Gasteiger partial charge in [0, 0.05) is 60.7 Å². The van der Waals surface area contributed by atoms with E-state index in [9.17, 15) is 9.50 Å². The minimum Gasteiger partial charge on any atom is -0.391 e. The summed E-state index contributed by atoms with van der Waals surface area (Å²) in [5.41, 5.74) is 2.33. The van der Waals surface area contributed by atoms with Crippen molar-refractivity contribution in [2.45, 2.75) is 51.0 Å². The van der Waals surface area contributed by atoms with Crippen molar-refractivity contribution < 1.29 is 14.0 Å². The average Bonchev–Trinajstić information content (AvgIpc) is 3.64. The van der Waals surface area contributed by atoms with Gasteiger partial charge in [0.2, 0.25) is 5.89 Å². The van der Waals surface area contributed by atoms with Crippen LogP contribution < -0.4 is 9.80 Å². The molecule has 10 heteroatoms. The van der Waals surface area contributed by atoms with Crippen molar-refractivity contribution in [3.05, 3.63) is 48.0 Å². The highest BCUT2D eigenvalue weighted by Gasteiger charge is 2.28. The number of aromatic amines is 1. The summed E-state index contributed by atoms with van der Waals surface area (Å²) >= 11 is 0. The molecule has 0 spiro atoms. The van der Waals surface area contributed by atoms with Crippen molar-refractivity contribution in [2.75, 3.05) is 36.0 Å². The first kappa shape index (κ1) is 22.9. The Morgan fingerprint density at radius 2 is 1.92 bits per heavy atom. The van der Waals surface area contributed by atoms with E-state index < -0.39 is 0 Å². The van der Waals surface area contributed by atoms with E-state index in [0.29, 0.717) is 12.4 Å². The van der Waals surface area contributed by atoms with E-state index >= 15 is 0 Å². The summed E-state index contributed by atoms with van der Waals surface area (Å²) in [7, 11) is 0. The van der Waals surface area contributed by atoms with Crippen LogP contribution in [0.4, 0.5) is 16.0 Å². The van der Waals surface area contributed by atoms with Gasteiger partial charge in [-0.1, -0.05) is 19.0 Å². The Kier molecular flexibility index (Phi) is 5.83. The highest BCUT2D eigenvalue weighted by molar-refractivity contribution is 6.00. The zero-order valence-corrected chi connectivity index (χ0v) is 20.5. The standard InChI is InChI=1S/C26H30FN7O2/c1-15(2)26-29-24(32-36-26)16-5-8-33(9-6-16)25-21-12-18(27)11-20(23(21)30-31-25)17-3-4-22(28-13-17)34-10-7-19(35)14-34/h3-4,11-13,15-16,19,35H,5-10,14H2,1-2H3,(H,30,31). The van der Waals surface area contributed by atoms with Crippen molar-refractivity contribution >= 4 is 22.5 Å². The van der Waals surface area contributed by atoms with Crippen LogP contribution in [0.15, 0.2) is 35.0 Å². The molecule has 5 heterocycles. The lowest BCUT2D eigenvalue weighted by atomic mass is 9.96. The van der Waals surface area contributed by atoms with Crippen LogP contribution in [0, 0.1) is 5.82 Å². The first-order chi connectivity index (χ1) is 17.5. The molecule has 3 aromatic heterocycles. The Labute approximate surface area is 208 Å². The number of piperidine rings is 1. The largest absolute Gasteiger partial charge is 0.391 e. The molecule has 0 radical (unpaired) electrons. The number of hydrogen-bond donors (Lipinski definition) is 2. The third-order valence-corrected chi connectivity index (χ3v) is 7.27. The second-order valence-corrected chi connectivity index (χ2v) is 10.1. The van der Waals surface area contributed by atoms with Gasteiger partial charge in [0.25, 0.3) is 0 Å². The molecule has 2 N–H and O–H groups in total. The van der Waals surface area contributed by atoms with Gasteiger partial charge < -0.3 is 19.4 Å². The number of β-amino-alcohol motifs (C(OH)–C–C–N with tert-alkyl or cyclic N) is 1. The number of aliphatic hydroxyl groups excluding tert-OH is 1. The summed E-state index contributed by atoms with van der Waals surface area (Å²) in [4.78, 5) is 13.4. The summed E-state index contributed by atoms with van der Waals surface area (Å²) in [6.07, 6.45) is 3.95. The number of rotatable bonds is 5. The third-order valence-electron chi connectivity index (χ3n) is 7.27. The van der Waals surface area contributed by atoms with Crippen LogP contribution in [0.1, 0.15) is 56.7 Å². The Bertz CT molecular complexity index is 1360. The quantitative estimate of drug-likeness (QED) is 0.427. The molecule has 0 saturated carbocycles. The predicted octanol–water partition coefficient (Wildman–Crippen LogP) is 4.23. The van der Waals surface area contributed by atoms with Gasteiger partial charge in [-0.3, -0.25) is 5.10 Å². The number of pyridine rings is 1. The van der Waals surface area contributed by atoms with Gasteiger partial charge in [0.1, 0.15) is 11.6 Å². The van der Waals surface area contributed by atoms with Crippen LogP contribution >= 0.6 is 0 Å². The van der Waals surface area contributed by atoms with Gasteiger partial charge in [0.15, 0.2) is 11.6 Å². The number of nitrogens with one attached hydrogen (secondary N) is 1. The van der Waals surface area contributed by atoms with E-state index in [1.165, 1.54) is 6.07 Å². The molecular formula is C26H30FN7O2. The number of fused-ring (bicyclic) bond motifs is 1. The van der Waals surface area contributed by atoms with E-state index in [0.717, 1.165) is 78.4 Å². The molecule has 0 bridgehead atoms. The molecule has 1 unspecified atom stereocenters. The molecule has 2 fully saturated rings. The summed E-state index contributed by atoms with van der Waals surface area (Å²) in [5.74, 6) is 3.18. The maximum atomic E-state index is 14.8. The van der Waals surface area contributed by atoms with Gasteiger partial charge >= 0.3 is 0 Å². The molecule has 9 nitrogen and oxygen atoms in total. The van der Waals surface area contributed by atoms with Crippen molar-refractivity contribution in [3.63, 3.8) is 0 Å². The first-order valence-electron chi connectivity index (χ1n) is 12.6. The van der Waals surface area contributed by atoms with Crippen LogP contribution in [0.2, 0.25) is 0 Å². The number of hydrogen-bond acceptors (Lipinski definition) is 8. The fourth-order valence-electron chi connectivity index (χ4n) is 5.22. The first-order valence-corrected chi connectivity index (χ1v) is 12.6. The Balaban J connectivity index is 1.23. The van der Waals surface area contributed by atoms with Gasteiger partial charge in [-0.05, 0) is 43.5 Å². The molecule has 2 aliphatic heterocycles. The van der Waals surface area contributed by atoms with Gasteiger partial charge in [-0.25, -0.2) is 9.37 Å². The lowest BCUT2D eigenvalue weighted by Crippen LogP contribution is -2.33. The maximum absolute atomic E-state index is 14.8. The second kappa shape index (κ2) is 9.16. The van der Waals surface area contributed by atoms with E-state index in [-0.39, 0.29) is 23.8 Å². The smallest absolute Gasteiger partial charge is 0.229 e. The second-order valence-electron chi connectivity index (χ2n) is 10.1. The summed E-state index contributed by atoms with van der Waals surface area (Å²) in [5, 5.41) is 22.5. The van der Waals surface area contributed by atoms with Crippen molar-refractivity contribution in [1.82, 2.24) is 25.3 Å². The highest BCUT2D eigenvalue weighted by Crippen LogP contribution is 2.36. The fraction of sp³-hybridized carbons (Fsp3) is 0.462. The number of halogens is 1. The van der Waals surface area contributed by atoms with Gasteiger partial charge in [0.05, 0.1) is 11.6 Å². The molecule has 4 aromatic rings. The maximum Gasteiger partial charge on any atom is 0.229 e. The number of benzene rings is 1. The Morgan fingerprint density at radius 1 is 1.11 bits per heavy atom. The van der Waals surface area contributed by atoms with Crippen LogP contribution in [0.5, 0.6) is 0 Å². The minimum atomic E-state index is -0.312. The number of aromatic nitrogens is 5. The molecule has 36 heavy (non-hydrogen) atoms. The zero-order chi connectivity index (χ0) is 24.8. The van der Waals surface area contributed by atoms with Crippen molar-refractivity contribution in [1.29, 1.82) is 0 Å². The lowest BCUT2D eigenvalue weighted by molar-refractivity contribution is 0.198. The van der Waals surface area contributed by atoms with Crippen LogP contribution in [-0.4, -0.2) is 62.7 Å². The topological polar surface area (TPSA) is 107 Å². The van der Waals surface area contributed by atoms with Crippen LogP contribution in [0.25, 0.3) is 22.0 Å². The Morgan fingerprint density at radius 3 is 2.58 bits per heavy atom. The molecule has 6 rings (SSSR count). The molecule has 0 amide bonds. The van der Waals surface area contributed by atoms with Gasteiger partial charge in [-0.15, -0.1) is 0 Å². The Hall–Kier alpha value is -3.53. The normalized spacial score (nSPS) is 19.2. The molecule has 0 aliphatic carbocycles. The third kappa shape index (κ3) is 4.19. The van der Waals surface area contributed by atoms with E-state index in [4.69, 9.17) is 4.52 Å². The number of nitrogens with zero attached hydrogens (tertiary/aromatic N) is 6. The van der Waals surface area contributed by atoms with Crippen molar-refractivity contribution in [2.24, 2.45) is 0 Å². The molecule has 1 aromatic carbocycles. The molecule has 188 valence electrons. The molecular weight excluding hydrogens is 461 g/mol. The van der Waals surface area contributed by atoms with E-state index in [1.54, 1.807) is 12.3 Å². The highest BCUT2D eigenvalue weighted by atomic mass is 19.1. The average molecular weight is 492 g/mol. The van der Waals surface area contributed by atoms with Gasteiger partial charge in [-0.2, -0.15) is 10.1 Å². The molecule has 2 aliphatic rings. The monoisotopic (exact) mass is 491 g/mol. The molecule has 1 atom stereocenters. The summed E-state index contributed by atoms with van der Waals surface area (Å²) in [6, 6.07) is 6.94. The predicted molar refractivity (Wildman–Crippen MR) is 135 cm³/mol.